The summed E-state index contributed by atoms with van der Waals surface area (Å²) in [5.41, 5.74) is 9.08. The van der Waals surface area contributed by atoms with Gasteiger partial charge >= 0.3 is 0 Å². The molecule has 0 unspecified atom stereocenters. The molecule has 0 N–H and O–H groups in total. The predicted molar refractivity (Wildman–Crippen MR) is 79.6 cm³/mol. The molecule has 3 aromatic carbocycles. The minimum Gasteiger partial charge on any atom is -0.0619 e. The largest absolute Gasteiger partial charge is 0.0619 e. The fourth-order valence-corrected chi connectivity index (χ4v) is 3.97. The highest BCUT2D eigenvalue weighted by Gasteiger charge is 2.24. The van der Waals surface area contributed by atoms with Gasteiger partial charge in [-0.15, -0.1) is 0 Å². The van der Waals surface area contributed by atoms with E-state index in [4.69, 9.17) is 0 Å². The molecule has 0 heterocycles. The van der Waals surface area contributed by atoms with Gasteiger partial charge in [0.1, 0.15) is 0 Å². The summed E-state index contributed by atoms with van der Waals surface area (Å²) in [6.45, 7) is 0. The molecule has 0 amide bonds. The van der Waals surface area contributed by atoms with Gasteiger partial charge in [0.05, 0.1) is 0 Å². The molecule has 0 saturated heterocycles. The summed E-state index contributed by atoms with van der Waals surface area (Å²) in [6.07, 6.45) is 3.55. The summed E-state index contributed by atoms with van der Waals surface area (Å²) < 4.78 is 0. The molecule has 5 rings (SSSR count). The van der Waals surface area contributed by atoms with Crippen LogP contribution in [0, 0.1) is 0 Å². The summed E-state index contributed by atoms with van der Waals surface area (Å²) in [5.74, 6) is 0. The number of aryl methyl sites for hydroxylation is 2. The molecule has 0 bridgehead atoms. The molecule has 2 aliphatic carbocycles. The number of hydrogen-bond acceptors (Lipinski definition) is 0. The van der Waals surface area contributed by atoms with E-state index in [1.54, 1.807) is 11.1 Å². The van der Waals surface area contributed by atoms with Gasteiger partial charge in [-0.05, 0) is 63.4 Å². The fraction of sp³-hybridized carbons (Fsp3) is 0.158. The van der Waals surface area contributed by atoms with Crippen LogP contribution in [0.2, 0.25) is 0 Å². The molecule has 0 radical (unpaired) electrons. The van der Waals surface area contributed by atoms with E-state index in [1.807, 2.05) is 0 Å². The van der Waals surface area contributed by atoms with E-state index in [2.05, 4.69) is 48.5 Å². The lowest BCUT2D eigenvalue weighted by atomic mass is 9.95. The van der Waals surface area contributed by atoms with Crippen molar-refractivity contribution < 1.29 is 0 Å². The van der Waals surface area contributed by atoms with Crippen LogP contribution >= 0.6 is 0 Å². The van der Waals surface area contributed by atoms with Crippen LogP contribution < -0.4 is 0 Å². The quantitative estimate of drug-likeness (QED) is 0.425. The van der Waals surface area contributed by atoms with Gasteiger partial charge in [-0.1, -0.05) is 48.5 Å². The highest BCUT2D eigenvalue weighted by Crippen LogP contribution is 2.45. The zero-order chi connectivity index (χ0) is 12.4. The highest BCUT2D eigenvalue weighted by atomic mass is 14.3. The van der Waals surface area contributed by atoms with E-state index in [9.17, 15) is 0 Å². The third kappa shape index (κ3) is 1.14. The second kappa shape index (κ2) is 3.27. The lowest BCUT2D eigenvalue weighted by Crippen LogP contribution is -1.87. The van der Waals surface area contributed by atoms with Crippen LogP contribution in [-0.2, 0) is 19.3 Å². The van der Waals surface area contributed by atoms with E-state index in [1.165, 1.54) is 45.9 Å². The second-order valence-electron chi connectivity index (χ2n) is 5.74. The molecule has 2 aliphatic rings. The van der Waals surface area contributed by atoms with Crippen molar-refractivity contribution in [2.75, 3.05) is 0 Å². The maximum atomic E-state index is 2.47. The van der Waals surface area contributed by atoms with Gasteiger partial charge in [-0.3, -0.25) is 0 Å². The Morgan fingerprint density at radius 2 is 1.53 bits per heavy atom. The van der Waals surface area contributed by atoms with Gasteiger partial charge in [-0.25, -0.2) is 0 Å². The van der Waals surface area contributed by atoms with Crippen LogP contribution in [-0.4, -0.2) is 0 Å². The van der Waals surface area contributed by atoms with Gasteiger partial charge in [-0.2, -0.15) is 0 Å². The molecule has 0 nitrogen and oxygen atoms in total. The van der Waals surface area contributed by atoms with Crippen LogP contribution in [0.3, 0.4) is 0 Å². The first kappa shape index (κ1) is 9.80. The van der Waals surface area contributed by atoms with E-state index < -0.39 is 0 Å². The zero-order valence-corrected chi connectivity index (χ0v) is 10.7. The Kier molecular flexibility index (Phi) is 1.69. The molecule has 3 aromatic rings. The van der Waals surface area contributed by atoms with Crippen LogP contribution in [0.5, 0.6) is 0 Å². The Bertz CT molecular complexity index is 840. The molecule has 0 atom stereocenters. The molecule has 19 heavy (non-hydrogen) atoms. The highest BCUT2D eigenvalue weighted by molar-refractivity contribution is 6.04. The van der Waals surface area contributed by atoms with Crippen molar-refractivity contribution in [3.8, 4) is 11.1 Å². The van der Waals surface area contributed by atoms with Gasteiger partial charge in [0, 0.05) is 0 Å². The number of fused-ring (bicyclic) bond motifs is 4. The van der Waals surface area contributed by atoms with E-state index in [0.29, 0.717) is 0 Å². The molecular formula is C19H14. The second-order valence-corrected chi connectivity index (χ2v) is 5.74. The van der Waals surface area contributed by atoms with Crippen molar-refractivity contribution in [1.29, 1.82) is 0 Å². The van der Waals surface area contributed by atoms with E-state index in [0.717, 1.165) is 6.42 Å². The summed E-state index contributed by atoms with van der Waals surface area (Å²) in [6, 6.07) is 18.2. The maximum absolute atomic E-state index is 2.47. The zero-order valence-electron chi connectivity index (χ0n) is 10.7. The molecule has 0 spiro atoms. The molecule has 0 heteroatoms. The summed E-state index contributed by atoms with van der Waals surface area (Å²) in [7, 11) is 0. The first-order valence-electron chi connectivity index (χ1n) is 7.06. The Hall–Kier alpha value is -2.08. The molecular weight excluding hydrogens is 228 g/mol. The monoisotopic (exact) mass is 242 g/mol. The lowest BCUT2D eigenvalue weighted by Gasteiger charge is -2.09. The SMILES string of the molecule is c1ccc2c(c1)Cc1cc3c4c(cccc4c1-2)CC3. The van der Waals surface area contributed by atoms with Crippen molar-refractivity contribution in [1.82, 2.24) is 0 Å². The molecule has 0 aliphatic heterocycles. The van der Waals surface area contributed by atoms with Gasteiger partial charge in [0.2, 0.25) is 0 Å². The third-order valence-electron chi connectivity index (χ3n) is 4.74. The summed E-state index contributed by atoms with van der Waals surface area (Å²) in [4.78, 5) is 0. The molecule has 0 aromatic heterocycles. The Labute approximate surface area is 112 Å². The van der Waals surface area contributed by atoms with Crippen LogP contribution in [0.15, 0.2) is 48.5 Å². The van der Waals surface area contributed by atoms with Gasteiger partial charge in [0.25, 0.3) is 0 Å². The summed E-state index contributed by atoms with van der Waals surface area (Å²) in [5, 5.41) is 3.02. The van der Waals surface area contributed by atoms with Crippen LogP contribution in [0.4, 0.5) is 0 Å². The molecule has 90 valence electrons. The average Bonchev–Trinajstić information content (AvgIpc) is 3.02. The maximum Gasteiger partial charge on any atom is -0.00131 e. The Morgan fingerprint density at radius 1 is 0.684 bits per heavy atom. The Morgan fingerprint density at radius 3 is 2.53 bits per heavy atom. The van der Waals surface area contributed by atoms with Crippen LogP contribution in [0.25, 0.3) is 21.9 Å². The third-order valence-corrected chi connectivity index (χ3v) is 4.74. The van der Waals surface area contributed by atoms with Crippen molar-refractivity contribution in [2.45, 2.75) is 19.3 Å². The van der Waals surface area contributed by atoms with Crippen molar-refractivity contribution in [2.24, 2.45) is 0 Å². The van der Waals surface area contributed by atoms with E-state index >= 15 is 0 Å². The van der Waals surface area contributed by atoms with Crippen molar-refractivity contribution in [3.63, 3.8) is 0 Å². The first-order valence-corrected chi connectivity index (χ1v) is 7.06. The first-order chi connectivity index (χ1) is 9.42. The topological polar surface area (TPSA) is 0 Å². The minimum absolute atomic E-state index is 1.11. The van der Waals surface area contributed by atoms with Crippen molar-refractivity contribution >= 4 is 10.8 Å². The van der Waals surface area contributed by atoms with E-state index in [-0.39, 0.29) is 0 Å². The Balaban J connectivity index is 1.99. The van der Waals surface area contributed by atoms with Gasteiger partial charge < -0.3 is 0 Å². The number of benzene rings is 3. The molecule has 0 saturated carbocycles. The number of rotatable bonds is 0. The lowest BCUT2D eigenvalue weighted by molar-refractivity contribution is 1.02. The van der Waals surface area contributed by atoms with Crippen molar-refractivity contribution in [3.05, 3.63) is 70.8 Å². The molecule has 0 fully saturated rings. The standard InChI is InChI=1S/C19H14/c1-2-6-16-13(4-1)10-15-11-14-9-8-12-5-3-7-17(18(12)14)19(15)16/h1-7,11H,8-10H2. The average molecular weight is 242 g/mol. The smallest absolute Gasteiger partial charge is 0.00131 e. The fourth-order valence-electron chi connectivity index (χ4n) is 3.97. The van der Waals surface area contributed by atoms with Gasteiger partial charge in [0.15, 0.2) is 0 Å². The normalized spacial score (nSPS) is 14.7. The predicted octanol–water partition coefficient (Wildman–Crippen LogP) is 4.51. The summed E-state index contributed by atoms with van der Waals surface area (Å²) >= 11 is 0. The van der Waals surface area contributed by atoms with Crippen LogP contribution in [0.1, 0.15) is 22.3 Å². The minimum atomic E-state index is 1.11. The number of hydrogen-bond donors (Lipinski definition) is 0.